The Bertz CT molecular complexity index is 853. The smallest absolute Gasteiger partial charge is 0.253 e. The molecule has 1 aromatic carbocycles. The molecule has 0 saturated carbocycles. The van der Waals surface area contributed by atoms with E-state index in [1.807, 2.05) is 26.0 Å². The lowest BCUT2D eigenvalue weighted by Gasteiger charge is -2.08. The number of aromatic nitrogens is 1. The number of aryl methyl sites for hydroxylation is 2. The molecule has 0 spiro atoms. The van der Waals surface area contributed by atoms with E-state index in [0.717, 1.165) is 16.8 Å². The van der Waals surface area contributed by atoms with Crippen LogP contribution in [0.1, 0.15) is 22.4 Å². The first-order valence-electron chi connectivity index (χ1n) is 7.82. The standard InChI is InChI=1S/C19H22N2O4/c1-12-9-13(2)21-19(23)15(12)11-20-18(22)8-6-14-5-7-16(24-3)17(10-14)25-4/h5-10H,11H2,1-4H3,(H,20,22)(H,21,23)/b8-6+. The maximum Gasteiger partial charge on any atom is 0.253 e. The molecule has 0 aliphatic heterocycles. The summed E-state index contributed by atoms with van der Waals surface area (Å²) < 4.78 is 10.4. The molecule has 2 aromatic rings. The van der Waals surface area contributed by atoms with E-state index in [1.54, 1.807) is 32.4 Å². The highest BCUT2D eigenvalue weighted by Crippen LogP contribution is 2.27. The molecule has 1 aromatic heterocycles. The van der Waals surface area contributed by atoms with Crippen molar-refractivity contribution in [1.82, 2.24) is 10.3 Å². The molecule has 2 rings (SSSR count). The van der Waals surface area contributed by atoms with Crippen LogP contribution in [-0.2, 0) is 11.3 Å². The number of hydrogen-bond donors (Lipinski definition) is 2. The number of H-pyrrole nitrogens is 1. The topological polar surface area (TPSA) is 80.4 Å². The normalized spacial score (nSPS) is 10.7. The number of amides is 1. The highest BCUT2D eigenvalue weighted by molar-refractivity contribution is 5.91. The molecule has 6 heteroatoms. The van der Waals surface area contributed by atoms with E-state index in [9.17, 15) is 9.59 Å². The molecule has 1 heterocycles. The van der Waals surface area contributed by atoms with Gasteiger partial charge in [0.15, 0.2) is 11.5 Å². The minimum Gasteiger partial charge on any atom is -0.493 e. The fourth-order valence-electron chi connectivity index (χ4n) is 2.46. The van der Waals surface area contributed by atoms with Crippen molar-refractivity contribution in [2.45, 2.75) is 20.4 Å². The number of ether oxygens (including phenoxy) is 2. The summed E-state index contributed by atoms with van der Waals surface area (Å²) in [6, 6.07) is 7.24. The van der Waals surface area contributed by atoms with Gasteiger partial charge in [-0.25, -0.2) is 0 Å². The van der Waals surface area contributed by atoms with E-state index < -0.39 is 0 Å². The molecular formula is C19H22N2O4. The van der Waals surface area contributed by atoms with Gasteiger partial charge in [-0.15, -0.1) is 0 Å². The van der Waals surface area contributed by atoms with Crippen molar-refractivity contribution in [1.29, 1.82) is 0 Å². The molecule has 132 valence electrons. The maximum absolute atomic E-state index is 12.0. The Morgan fingerprint density at radius 1 is 1.16 bits per heavy atom. The molecule has 0 aliphatic rings. The van der Waals surface area contributed by atoms with Crippen molar-refractivity contribution < 1.29 is 14.3 Å². The Balaban J connectivity index is 2.03. The minimum absolute atomic E-state index is 0.177. The number of nitrogens with one attached hydrogen (secondary N) is 2. The summed E-state index contributed by atoms with van der Waals surface area (Å²) in [5.41, 5.74) is 2.83. The van der Waals surface area contributed by atoms with Crippen LogP contribution in [0.2, 0.25) is 0 Å². The molecule has 0 saturated heterocycles. The third-order valence-corrected chi connectivity index (χ3v) is 3.77. The number of rotatable bonds is 6. The first kappa shape index (κ1) is 18.3. The van der Waals surface area contributed by atoms with Crippen molar-refractivity contribution in [3.8, 4) is 11.5 Å². The fourth-order valence-corrected chi connectivity index (χ4v) is 2.46. The number of carbonyl (C=O) groups is 1. The number of aromatic amines is 1. The molecule has 0 aliphatic carbocycles. The fraction of sp³-hybridized carbons (Fsp3) is 0.263. The Kier molecular flexibility index (Phi) is 6.00. The van der Waals surface area contributed by atoms with Crippen molar-refractivity contribution in [2.24, 2.45) is 0 Å². The quantitative estimate of drug-likeness (QED) is 0.790. The lowest BCUT2D eigenvalue weighted by atomic mass is 10.1. The number of pyridine rings is 1. The summed E-state index contributed by atoms with van der Waals surface area (Å²) >= 11 is 0. The van der Waals surface area contributed by atoms with Gasteiger partial charge < -0.3 is 19.8 Å². The van der Waals surface area contributed by atoms with Gasteiger partial charge in [0, 0.05) is 23.9 Å². The Hall–Kier alpha value is -3.02. The SMILES string of the molecule is COc1ccc(/C=C/C(=O)NCc2c(C)cc(C)[nH]c2=O)cc1OC. The molecule has 0 fully saturated rings. The average Bonchev–Trinajstić information content (AvgIpc) is 2.58. The second kappa shape index (κ2) is 8.19. The number of benzene rings is 1. The minimum atomic E-state index is -0.283. The summed E-state index contributed by atoms with van der Waals surface area (Å²) in [5.74, 6) is 0.930. The zero-order valence-corrected chi connectivity index (χ0v) is 14.8. The van der Waals surface area contributed by atoms with Crippen LogP contribution >= 0.6 is 0 Å². The Morgan fingerprint density at radius 2 is 1.88 bits per heavy atom. The van der Waals surface area contributed by atoms with E-state index in [-0.39, 0.29) is 18.0 Å². The predicted octanol–water partition coefficient (Wildman–Crippen LogP) is 2.34. The zero-order valence-electron chi connectivity index (χ0n) is 14.8. The molecule has 0 atom stereocenters. The second-order valence-corrected chi connectivity index (χ2v) is 5.61. The number of carbonyl (C=O) groups excluding carboxylic acids is 1. The molecule has 1 amide bonds. The molecule has 6 nitrogen and oxygen atoms in total. The highest BCUT2D eigenvalue weighted by atomic mass is 16.5. The van der Waals surface area contributed by atoms with Gasteiger partial charge in [0.2, 0.25) is 5.91 Å². The summed E-state index contributed by atoms with van der Waals surface area (Å²) in [4.78, 5) is 26.7. The van der Waals surface area contributed by atoms with Gasteiger partial charge in [0.1, 0.15) is 0 Å². The summed E-state index contributed by atoms with van der Waals surface area (Å²) in [6.07, 6.45) is 3.09. The third-order valence-electron chi connectivity index (χ3n) is 3.77. The van der Waals surface area contributed by atoms with Crippen LogP contribution in [0.15, 0.2) is 35.1 Å². The van der Waals surface area contributed by atoms with Crippen LogP contribution in [-0.4, -0.2) is 25.1 Å². The maximum atomic E-state index is 12.0. The van der Waals surface area contributed by atoms with Gasteiger partial charge in [0.05, 0.1) is 14.2 Å². The molecule has 2 N–H and O–H groups in total. The summed E-state index contributed by atoms with van der Waals surface area (Å²) in [5, 5.41) is 2.72. The van der Waals surface area contributed by atoms with Crippen LogP contribution in [0.3, 0.4) is 0 Å². The van der Waals surface area contributed by atoms with Crippen LogP contribution in [0.25, 0.3) is 6.08 Å². The van der Waals surface area contributed by atoms with Gasteiger partial charge in [-0.3, -0.25) is 9.59 Å². The van der Waals surface area contributed by atoms with E-state index in [1.165, 1.54) is 6.08 Å². The first-order valence-corrected chi connectivity index (χ1v) is 7.82. The van der Waals surface area contributed by atoms with Gasteiger partial charge in [0.25, 0.3) is 5.56 Å². The monoisotopic (exact) mass is 342 g/mol. The molecular weight excluding hydrogens is 320 g/mol. The van der Waals surface area contributed by atoms with Gasteiger partial charge >= 0.3 is 0 Å². The van der Waals surface area contributed by atoms with E-state index >= 15 is 0 Å². The van der Waals surface area contributed by atoms with Crippen LogP contribution in [0.5, 0.6) is 11.5 Å². The van der Waals surface area contributed by atoms with E-state index in [0.29, 0.717) is 17.1 Å². The van der Waals surface area contributed by atoms with Crippen LogP contribution < -0.4 is 20.3 Å². The predicted molar refractivity (Wildman–Crippen MR) is 97.0 cm³/mol. The summed E-state index contributed by atoms with van der Waals surface area (Å²) in [6.45, 7) is 3.85. The Labute approximate surface area is 146 Å². The molecule has 0 radical (unpaired) electrons. The van der Waals surface area contributed by atoms with Gasteiger partial charge in [-0.1, -0.05) is 6.07 Å². The molecule has 0 bridgehead atoms. The van der Waals surface area contributed by atoms with Crippen molar-refractivity contribution in [3.05, 3.63) is 63.1 Å². The lowest BCUT2D eigenvalue weighted by Crippen LogP contribution is -2.26. The third kappa shape index (κ3) is 4.73. The largest absolute Gasteiger partial charge is 0.493 e. The van der Waals surface area contributed by atoms with Crippen LogP contribution in [0.4, 0.5) is 0 Å². The van der Waals surface area contributed by atoms with E-state index in [4.69, 9.17) is 9.47 Å². The average molecular weight is 342 g/mol. The van der Waals surface area contributed by atoms with Crippen molar-refractivity contribution in [2.75, 3.05) is 14.2 Å². The second-order valence-electron chi connectivity index (χ2n) is 5.61. The van der Waals surface area contributed by atoms with E-state index in [2.05, 4.69) is 10.3 Å². The van der Waals surface area contributed by atoms with Crippen molar-refractivity contribution in [3.63, 3.8) is 0 Å². The Morgan fingerprint density at radius 3 is 2.52 bits per heavy atom. The lowest BCUT2D eigenvalue weighted by molar-refractivity contribution is -0.116. The van der Waals surface area contributed by atoms with Gasteiger partial charge in [-0.2, -0.15) is 0 Å². The highest BCUT2D eigenvalue weighted by Gasteiger charge is 2.07. The first-order chi connectivity index (χ1) is 11.9. The summed E-state index contributed by atoms with van der Waals surface area (Å²) in [7, 11) is 3.12. The molecule has 0 unspecified atom stereocenters. The van der Waals surface area contributed by atoms with Crippen LogP contribution in [0, 0.1) is 13.8 Å². The molecule has 25 heavy (non-hydrogen) atoms. The van der Waals surface area contributed by atoms with Gasteiger partial charge in [-0.05, 0) is 49.2 Å². The number of hydrogen-bond acceptors (Lipinski definition) is 4. The zero-order chi connectivity index (χ0) is 18.4. The van der Waals surface area contributed by atoms with Crippen molar-refractivity contribution >= 4 is 12.0 Å². The number of methoxy groups -OCH3 is 2.